The third-order valence-corrected chi connectivity index (χ3v) is 2.56. The Kier molecular flexibility index (Phi) is 4.12. The zero-order valence-electron chi connectivity index (χ0n) is 9.53. The van der Waals surface area contributed by atoms with Gasteiger partial charge in [0.25, 0.3) is 0 Å². The van der Waals surface area contributed by atoms with Crippen molar-refractivity contribution in [3.05, 3.63) is 5.89 Å². The van der Waals surface area contributed by atoms with E-state index in [9.17, 15) is 0 Å². The zero-order valence-corrected chi connectivity index (χ0v) is 9.53. The highest BCUT2D eigenvalue weighted by molar-refractivity contribution is 5.16. The highest BCUT2D eigenvalue weighted by Crippen LogP contribution is 2.15. The molecule has 0 amide bonds. The number of hydrogen-bond acceptors (Lipinski definition) is 6. The molecule has 0 spiro atoms. The van der Waals surface area contributed by atoms with E-state index in [4.69, 9.17) is 9.15 Å². The van der Waals surface area contributed by atoms with Crippen molar-refractivity contribution in [3.63, 3.8) is 0 Å². The van der Waals surface area contributed by atoms with Crippen LogP contribution in [-0.2, 0) is 11.3 Å². The van der Waals surface area contributed by atoms with Gasteiger partial charge in [-0.2, -0.15) is 0 Å². The first-order valence-electron chi connectivity index (χ1n) is 5.71. The Hall–Kier alpha value is -1.14. The van der Waals surface area contributed by atoms with E-state index in [-0.39, 0.29) is 0 Å². The first-order chi connectivity index (χ1) is 7.88. The van der Waals surface area contributed by atoms with Gasteiger partial charge in [0.1, 0.15) is 0 Å². The minimum absolute atomic E-state index is 0.396. The van der Waals surface area contributed by atoms with E-state index in [1.165, 1.54) is 6.42 Å². The van der Waals surface area contributed by atoms with Gasteiger partial charge in [-0.3, -0.25) is 0 Å². The number of rotatable bonds is 6. The minimum atomic E-state index is 0.396. The summed E-state index contributed by atoms with van der Waals surface area (Å²) >= 11 is 0. The lowest BCUT2D eigenvalue weighted by Crippen LogP contribution is -2.12. The Morgan fingerprint density at radius 2 is 2.38 bits per heavy atom. The van der Waals surface area contributed by atoms with Crippen LogP contribution in [-0.4, -0.2) is 36.5 Å². The lowest BCUT2D eigenvalue weighted by atomic mass is 10.2. The molecule has 16 heavy (non-hydrogen) atoms. The number of ether oxygens (including phenoxy) is 1. The van der Waals surface area contributed by atoms with Gasteiger partial charge in [-0.15, -0.1) is 5.10 Å². The van der Waals surface area contributed by atoms with E-state index in [1.807, 2.05) is 7.05 Å². The van der Waals surface area contributed by atoms with Crippen LogP contribution in [0.2, 0.25) is 0 Å². The van der Waals surface area contributed by atoms with Crippen molar-refractivity contribution in [1.82, 2.24) is 15.5 Å². The summed E-state index contributed by atoms with van der Waals surface area (Å²) in [5.74, 6) is 0.599. The summed E-state index contributed by atoms with van der Waals surface area (Å²) in [6.45, 7) is 2.31. The molecule has 1 aliphatic rings. The highest BCUT2D eigenvalue weighted by Gasteiger charge is 2.15. The van der Waals surface area contributed by atoms with Gasteiger partial charge in [0.2, 0.25) is 5.89 Å². The Morgan fingerprint density at radius 1 is 1.44 bits per heavy atom. The summed E-state index contributed by atoms with van der Waals surface area (Å²) in [7, 11) is 1.84. The largest absolute Gasteiger partial charge is 0.407 e. The number of nitrogens with zero attached hydrogens (tertiary/aromatic N) is 2. The van der Waals surface area contributed by atoms with Gasteiger partial charge in [0.05, 0.1) is 12.6 Å². The van der Waals surface area contributed by atoms with Crippen molar-refractivity contribution in [1.29, 1.82) is 0 Å². The molecule has 2 N–H and O–H groups in total. The quantitative estimate of drug-likeness (QED) is 0.746. The van der Waals surface area contributed by atoms with Crippen LogP contribution in [0.5, 0.6) is 0 Å². The monoisotopic (exact) mass is 226 g/mol. The van der Waals surface area contributed by atoms with Gasteiger partial charge < -0.3 is 19.8 Å². The van der Waals surface area contributed by atoms with Gasteiger partial charge >= 0.3 is 6.01 Å². The van der Waals surface area contributed by atoms with Crippen molar-refractivity contribution in [2.24, 2.45) is 0 Å². The molecule has 0 aliphatic carbocycles. The number of nitrogens with one attached hydrogen (secondary N) is 2. The zero-order chi connectivity index (χ0) is 11.2. The molecule has 0 aromatic carbocycles. The predicted octanol–water partition coefficient (Wildman–Crippen LogP) is 0.770. The first-order valence-corrected chi connectivity index (χ1v) is 5.71. The van der Waals surface area contributed by atoms with Gasteiger partial charge in [-0.25, -0.2) is 0 Å². The smallest absolute Gasteiger partial charge is 0.315 e. The lowest BCUT2D eigenvalue weighted by Gasteiger charge is -2.08. The van der Waals surface area contributed by atoms with Crippen LogP contribution in [0.4, 0.5) is 6.01 Å². The van der Waals surface area contributed by atoms with E-state index in [1.54, 1.807) is 0 Å². The average molecular weight is 226 g/mol. The summed E-state index contributed by atoms with van der Waals surface area (Å²) in [6.07, 6.45) is 3.73. The molecular weight excluding hydrogens is 208 g/mol. The molecule has 1 aromatic heterocycles. The van der Waals surface area contributed by atoms with E-state index in [0.29, 0.717) is 24.6 Å². The van der Waals surface area contributed by atoms with Crippen LogP contribution in [0, 0.1) is 0 Å². The molecule has 0 radical (unpaired) electrons. The maximum absolute atomic E-state index is 5.52. The standard InChI is InChI=1S/C10H18N4O2/c1-11-7-9-13-14-10(16-9)12-5-4-8-3-2-6-15-8/h8,11H,2-7H2,1H3,(H,12,14). The van der Waals surface area contributed by atoms with Crippen LogP contribution in [0.15, 0.2) is 4.42 Å². The Bertz CT molecular complexity index is 310. The molecule has 1 atom stereocenters. The van der Waals surface area contributed by atoms with Crippen LogP contribution >= 0.6 is 0 Å². The average Bonchev–Trinajstić information content (AvgIpc) is 2.90. The Morgan fingerprint density at radius 3 is 3.12 bits per heavy atom. The second-order valence-corrected chi connectivity index (χ2v) is 3.88. The van der Waals surface area contributed by atoms with Gasteiger partial charge in [-0.05, 0) is 26.3 Å². The molecule has 1 aliphatic heterocycles. The van der Waals surface area contributed by atoms with Crippen LogP contribution in [0.25, 0.3) is 0 Å². The predicted molar refractivity (Wildman–Crippen MR) is 59.1 cm³/mol. The fraction of sp³-hybridized carbons (Fsp3) is 0.800. The molecule has 2 rings (SSSR count). The Balaban J connectivity index is 1.67. The summed E-state index contributed by atoms with van der Waals surface area (Å²) < 4.78 is 10.9. The summed E-state index contributed by atoms with van der Waals surface area (Å²) in [6, 6.07) is 0.489. The van der Waals surface area contributed by atoms with Crippen LogP contribution < -0.4 is 10.6 Å². The Labute approximate surface area is 94.8 Å². The summed E-state index contributed by atoms with van der Waals surface area (Å²) in [5.41, 5.74) is 0. The molecular formula is C10H18N4O2. The van der Waals surface area contributed by atoms with Crippen molar-refractivity contribution in [2.45, 2.75) is 31.9 Å². The molecule has 0 saturated carbocycles. The second kappa shape index (κ2) is 5.81. The van der Waals surface area contributed by atoms with Crippen molar-refractivity contribution in [3.8, 4) is 0 Å². The SMILES string of the molecule is CNCc1nnc(NCCC2CCCO2)o1. The van der Waals surface area contributed by atoms with Crippen LogP contribution in [0.3, 0.4) is 0 Å². The third kappa shape index (κ3) is 3.18. The minimum Gasteiger partial charge on any atom is -0.407 e. The maximum atomic E-state index is 5.52. The molecule has 1 saturated heterocycles. The van der Waals surface area contributed by atoms with Crippen molar-refractivity contribution < 1.29 is 9.15 Å². The molecule has 6 heteroatoms. The lowest BCUT2D eigenvalue weighted by molar-refractivity contribution is 0.107. The van der Waals surface area contributed by atoms with E-state index in [0.717, 1.165) is 26.0 Å². The second-order valence-electron chi connectivity index (χ2n) is 3.88. The van der Waals surface area contributed by atoms with E-state index < -0.39 is 0 Å². The van der Waals surface area contributed by atoms with Gasteiger partial charge in [0.15, 0.2) is 0 Å². The number of anilines is 1. The first kappa shape index (κ1) is 11.3. The van der Waals surface area contributed by atoms with E-state index >= 15 is 0 Å². The molecule has 90 valence electrons. The fourth-order valence-electron chi connectivity index (χ4n) is 1.76. The molecule has 1 unspecified atom stereocenters. The van der Waals surface area contributed by atoms with Gasteiger partial charge in [0, 0.05) is 13.2 Å². The third-order valence-electron chi connectivity index (χ3n) is 2.56. The maximum Gasteiger partial charge on any atom is 0.315 e. The summed E-state index contributed by atoms with van der Waals surface area (Å²) in [5, 5.41) is 13.8. The fourth-order valence-corrected chi connectivity index (χ4v) is 1.76. The van der Waals surface area contributed by atoms with Gasteiger partial charge in [-0.1, -0.05) is 5.10 Å². The molecule has 1 aromatic rings. The van der Waals surface area contributed by atoms with Crippen molar-refractivity contribution >= 4 is 6.01 Å². The molecule has 2 heterocycles. The van der Waals surface area contributed by atoms with E-state index in [2.05, 4.69) is 20.8 Å². The topological polar surface area (TPSA) is 72.2 Å². The number of aromatic nitrogens is 2. The normalized spacial score (nSPS) is 20.2. The number of hydrogen-bond donors (Lipinski definition) is 2. The summed E-state index contributed by atoms with van der Waals surface area (Å²) in [4.78, 5) is 0. The molecule has 6 nitrogen and oxygen atoms in total. The molecule has 0 bridgehead atoms. The van der Waals surface area contributed by atoms with Crippen molar-refractivity contribution in [2.75, 3.05) is 25.5 Å². The van der Waals surface area contributed by atoms with Crippen LogP contribution in [0.1, 0.15) is 25.2 Å². The highest BCUT2D eigenvalue weighted by atomic mass is 16.5. The molecule has 1 fully saturated rings.